The molecule has 0 aliphatic rings. The van der Waals surface area contributed by atoms with Crippen molar-refractivity contribution < 1.29 is 8.78 Å². The quantitative estimate of drug-likeness (QED) is 0.749. The fraction of sp³-hybridized carbons (Fsp3) is 0.455. The molecule has 15 heavy (non-hydrogen) atoms. The zero-order chi connectivity index (χ0) is 11.3. The van der Waals surface area contributed by atoms with Gasteiger partial charge in [0.2, 0.25) is 0 Å². The molecule has 0 atom stereocenters. The Kier molecular flexibility index (Phi) is 4.65. The smallest absolute Gasteiger partial charge is 0.159 e. The average molecular weight is 214 g/mol. The van der Waals surface area contributed by atoms with Gasteiger partial charge in [0.1, 0.15) is 0 Å². The number of rotatable bonds is 5. The second kappa shape index (κ2) is 5.78. The molecule has 0 aliphatic carbocycles. The molecule has 0 fully saturated rings. The minimum absolute atomic E-state index is 0.718. The monoisotopic (exact) mass is 214 g/mol. The minimum Gasteiger partial charge on any atom is -0.307 e. The van der Waals surface area contributed by atoms with Crippen molar-refractivity contribution in [3.63, 3.8) is 0 Å². The number of benzene rings is 1. The van der Waals surface area contributed by atoms with Gasteiger partial charge in [-0.15, -0.1) is 0 Å². The van der Waals surface area contributed by atoms with E-state index in [4.69, 9.17) is 0 Å². The van der Waals surface area contributed by atoms with E-state index in [9.17, 15) is 8.78 Å². The van der Waals surface area contributed by atoms with Crippen LogP contribution in [0.1, 0.15) is 5.56 Å². The maximum atomic E-state index is 12.9. The summed E-state index contributed by atoms with van der Waals surface area (Å²) in [6.07, 6.45) is 0.718. The predicted octanol–water partition coefficient (Wildman–Crippen LogP) is 1.62. The van der Waals surface area contributed by atoms with E-state index in [-0.39, 0.29) is 0 Å². The van der Waals surface area contributed by atoms with Crippen molar-refractivity contribution in [1.82, 2.24) is 10.2 Å². The molecule has 0 aliphatic heterocycles. The maximum absolute atomic E-state index is 12.9. The Bertz CT molecular complexity index is 315. The molecule has 0 saturated carbocycles. The van der Waals surface area contributed by atoms with Gasteiger partial charge in [0.05, 0.1) is 0 Å². The van der Waals surface area contributed by atoms with Gasteiger partial charge in [0.15, 0.2) is 11.6 Å². The molecule has 0 saturated heterocycles. The predicted molar refractivity (Wildman–Crippen MR) is 56.6 cm³/mol. The van der Waals surface area contributed by atoms with Crippen LogP contribution in [0.3, 0.4) is 0 Å². The summed E-state index contributed by atoms with van der Waals surface area (Å²) in [6, 6.07) is 4.04. The molecule has 0 radical (unpaired) electrons. The number of nitrogens with one attached hydrogen (secondary N) is 1. The van der Waals surface area contributed by atoms with Crippen molar-refractivity contribution >= 4 is 0 Å². The zero-order valence-electron chi connectivity index (χ0n) is 9.06. The van der Waals surface area contributed by atoms with Crippen molar-refractivity contribution in [2.45, 2.75) is 6.42 Å². The standard InChI is InChI=1S/C11H16F2N2/c1-14-8-15(2)6-5-9-3-4-10(12)11(13)7-9/h3-4,7,14H,5-6,8H2,1-2H3. The Morgan fingerprint density at radius 1 is 1.27 bits per heavy atom. The first-order valence-corrected chi connectivity index (χ1v) is 4.90. The third-order valence-corrected chi connectivity index (χ3v) is 2.19. The van der Waals surface area contributed by atoms with E-state index in [0.29, 0.717) is 0 Å². The number of nitrogens with zero attached hydrogens (tertiary/aromatic N) is 1. The van der Waals surface area contributed by atoms with Crippen LogP contribution in [0.25, 0.3) is 0 Å². The van der Waals surface area contributed by atoms with E-state index < -0.39 is 11.6 Å². The molecule has 0 heterocycles. The summed E-state index contributed by atoms with van der Waals surface area (Å²) < 4.78 is 25.5. The first-order valence-electron chi connectivity index (χ1n) is 4.90. The van der Waals surface area contributed by atoms with E-state index in [0.717, 1.165) is 25.2 Å². The summed E-state index contributed by atoms with van der Waals surface area (Å²) in [7, 11) is 3.84. The Morgan fingerprint density at radius 3 is 2.60 bits per heavy atom. The van der Waals surface area contributed by atoms with E-state index in [1.165, 1.54) is 12.1 Å². The molecule has 0 aromatic heterocycles. The summed E-state index contributed by atoms with van der Waals surface area (Å²) >= 11 is 0. The Labute approximate surface area is 88.9 Å². The van der Waals surface area contributed by atoms with Gasteiger partial charge in [-0.2, -0.15) is 0 Å². The van der Waals surface area contributed by atoms with Gasteiger partial charge in [-0.05, 0) is 38.2 Å². The van der Waals surface area contributed by atoms with Crippen LogP contribution in [0.4, 0.5) is 8.78 Å². The fourth-order valence-electron chi connectivity index (χ4n) is 1.36. The van der Waals surface area contributed by atoms with Crippen LogP contribution in [-0.4, -0.2) is 32.2 Å². The van der Waals surface area contributed by atoms with Crippen LogP contribution in [-0.2, 0) is 6.42 Å². The number of hydrogen-bond donors (Lipinski definition) is 1. The molecule has 1 N–H and O–H groups in total. The lowest BCUT2D eigenvalue weighted by atomic mass is 10.1. The van der Waals surface area contributed by atoms with Crippen LogP contribution in [0, 0.1) is 11.6 Å². The summed E-state index contributed by atoms with van der Waals surface area (Å²) in [5.74, 6) is -1.56. The Hall–Kier alpha value is -1.00. The topological polar surface area (TPSA) is 15.3 Å². The van der Waals surface area contributed by atoms with Crippen molar-refractivity contribution in [2.75, 3.05) is 27.3 Å². The molecule has 2 nitrogen and oxygen atoms in total. The molecule has 1 aromatic rings. The van der Waals surface area contributed by atoms with E-state index in [1.807, 2.05) is 14.1 Å². The van der Waals surface area contributed by atoms with Crippen LogP contribution < -0.4 is 5.32 Å². The van der Waals surface area contributed by atoms with E-state index in [1.54, 1.807) is 6.07 Å². The fourth-order valence-corrected chi connectivity index (χ4v) is 1.36. The SMILES string of the molecule is CNCN(C)CCc1ccc(F)c(F)c1. The third-order valence-electron chi connectivity index (χ3n) is 2.19. The molecular formula is C11H16F2N2. The first kappa shape index (κ1) is 12.1. The zero-order valence-corrected chi connectivity index (χ0v) is 9.06. The van der Waals surface area contributed by atoms with Gasteiger partial charge in [-0.25, -0.2) is 8.78 Å². The highest BCUT2D eigenvalue weighted by Crippen LogP contribution is 2.09. The highest BCUT2D eigenvalue weighted by atomic mass is 19.2. The molecule has 0 amide bonds. The largest absolute Gasteiger partial charge is 0.307 e. The summed E-state index contributed by atoms with van der Waals surface area (Å²) in [6.45, 7) is 1.59. The van der Waals surface area contributed by atoms with Crippen molar-refractivity contribution in [3.8, 4) is 0 Å². The summed E-state index contributed by atoms with van der Waals surface area (Å²) in [5, 5.41) is 3.02. The number of likely N-dealkylation sites (N-methyl/N-ethyl adjacent to an activating group) is 1. The van der Waals surface area contributed by atoms with Gasteiger partial charge in [-0.1, -0.05) is 6.07 Å². The molecule has 0 unspecified atom stereocenters. The molecular weight excluding hydrogens is 198 g/mol. The third kappa shape index (κ3) is 3.93. The summed E-state index contributed by atoms with van der Waals surface area (Å²) in [4.78, 5) is 2.07. The molecule has 0 bridgehead atoms. The molecule has 1 aromatic carbocycles. The normalized spacial score (nSPS) is 11.0. The van der Waals surface area contributed by atoms with Crippen molar-refractivity contribution in [2.24, 2.45) is 0 Å². The highest BCUT2D eigenvalue weighted by Gasteiger charge is 2.03. The molecule has 0 spiro atoms. The van der Waals surface area contributed by atoms with Gasteiger partial charge in [-0.3, -0.25) is 4.90 Å². The van der Waals surface area contributed by atoms with Crippen LogP contribution in [0.2, 0.25) is 0 Å². The highest BCUT2D eigenvalue weighted by molar-refractivity contribution is 5.17. The van der Waals surface area contributed by atoms with Crippen LogP contribution >= 0.6 is 0 Å². The van der Waals surface area contributed by atoms with Crippen LogP contribution in [0.15, 0.2) is 18.2 Å². The lowest BCUT2D eigenvalue weighted by Gasteiger charge is -2.15. The lowest BCUT2D eigenvalue weighted by Crippen LogP contribution is -2.30. The van der Waals surface area contributed by atoms with E-state index in [2.05, 4.69) is 10.2 Å². The Balaban J connectivity index is 2.47. The summed E-state index contributed by atoms with van der Waals surface area (Å²) in [5.41, 5.74) is 0.817. The van der Waals surface area contributed by atoms with Gasteiger partial charge >= 0.3 is 0 Å². The van der Waals surface area contributed by atoms with Crippen LogP contribution in [0.5, 0.6) is 0 Å². The maximum Gasteiger partial charge on any atom is 0.159 e. The van der Waals surface area contributed by atoms with E-state index >= 15 is 0 Å². The molecule has 4 heteroatoms. The van der Waals surface area contributed by atoms with Gasteiger partial charge in [0.25, 0.3) is 0 Å². The average Bonchev–Trinajstić information content (AvgIpc) is 2.20. The Morgan fingerprint density at radius 2 is 2.00 bits per heavy atom. The number of hydrogen-bond acceptors (Lipinski definition) is 2. The van der Waals surface area contributed by atoms with Crippen molar-refractivity contribution in [3.05, 3.63) is 35.4 Å². The lowest BCUT2D eigenvalue weighted by molar-refractivity contribution is 0.321. The minimum atomic E-state index is -0.790. The van der Waals surface area contributed by atoms with Gasteiger partial charge < -0.3 is 5.32 Å². The second-order valence-electron chi connectivity index (χ2n) is 3.59. The van der Waals surface area contributed by atoms with Gasteiger partial charge in [0, 0.05) is 13.2 Å². The van der Waals surface area contributed by atoms with Crippen molar-refractivity contribution in [1.29, 1.82) is 0 Å². The number of halogens is 2. The first-order chi connectivity index (χ1) is 7.13. The second-order valence-corrected chi connectivity index (χ2v) is 3.59. The molecule has 1 rings (SSSR count). The molecule has 84 valence electrons.